The van der Waals surface area contributed by atoms with Crippen molar-refractivity contribution < 1.29 is 14.6 Å². The number of carboxylic acid groups (broad SMARTS) is 1. The molecule has 1 unspecified atom stereocenters. The zero-order chi connectivity index (χ0) is 11.4. The Morgan fingerprint density at radius 1 is 1.73 bits per heavy atom. The second-order valence-electron chi connectivity index (χ2n) is 2.95. The van der Waals surface area contributed by atoms with E-state index in [1.54, 1.807) is 12.1 Å². The van der Waals surface area contributed by atoms with Gasteiger partial charge in [0.15, 0.2) is 0 Å². The molecular formula is C9H11ClN2O3. The largest absolute Gasteiger partial charge is 0.481 e. The van der Waals surface area contributed by atoms with Gasteiger partial charge in [-0.05, 0) is 6.07 Å². The minimum atomic E-state index is -1.06. The molecular weight excluding hydrogens is 220 g/mol. The predicted octanol–water partition coefficient (Wildman–Crippen LogP) is 0.698. The number of rotatable bonds is 4. The molecule has 0 aromatic carbocycles. The van der Waals surface area contributed by atoms with Crippen molar-refractivity contribution in [3.8, 4) is 5.88 Å². The second kappa shape index (κ2) is 4.95. The van der Waals surface area contributed by atoms with Crippen LogP contribution in [-0.4, -0.2) is 29.2 Å². The third-order valence-electron chi connectivity index (χ3n) is 1.86. The van der Waals surface area contributed by atoms with Gasteiger partial charge < -0.3 is 15.6 Å². The van der Waals surface area contributed by atoms with Crippen LogP contribution in [0.5, 0.6) is 5.88 Å². The fraction of sp³-hybridized carbons (Fsp3) is 0.333. The van der Waals surface area contributed by atoms with Gasteiger partial charge in [-0.1, -0.05) is 17.7 Å². The first-order valence-corrected chi connectivity index (χ1v) is 4.60. The van der Waals surface area contributed by atoms with Crippen molar-refractivity contribution in [2.24, 2.45) is 5.73 Å². The van der Waals surface area contributed by atoms with Gasteiger partial charge in [0, 0.05) is 12.0 Å². The van der Waals surface area contributed by atoms with E-state index in [0.29, 0.717) is 16.6 Å². The molecule has 1 heterocycles. The standard InChI is InChI=1S/C9H11ClN2O3/c1-15-8-5(2-3-7(10)12-8)4-6(11)9(13)14/h2-3,6H,4,11H2,1H3,(H,13,14). The molecule has 0 aliphatic heterocycles. The van der Waals surface area contributed by atoms with E-state index >= 15 is 0 Å². The molecule has 6 heteroatoms. The van der Waals surface area contributed by atoms with E-state index < -0.39 is 12.0 Å². The molecule has 82 valence electrons. The maximum absolute atomic E-state index is 10.6. The van der Waals surface area contributed by atoms with E-state index in [9.17, 15) is 4.79 Å². The molecule has 1 aromatic rings. The van der Waals surface area contributed by atoms with E-state index in [1.807, 2.05) is 0 Å². The van der Waals surface area contributed by atoms with E-state index in [1.165, 1.54) is 7.11 Å². The lowest BCUT2D eigenvalue weighted by Crippen LogP contribution is -2.32. The highest BCUT2D eigenvalue weighted by molar-refractivity contribution is 6.29. The summed E-state index contributed by atoms with van der Waals surface area (Å²) < 4.78 is 4.96. The third-order valence-corrected chi connectivity index (χ3v) is 2.07. The average molecular weight is 231 g/mol. The molecule has 0 radical (unpaired) electrons. The van der Waals surface area contributed by atoms with Crippen molar-refractivity contribution in [1.29, 1.82) is 0 Å². The molecule has 15 heavy (non-hydrogen) atoms. The molecule has 1 aromatic heterocycles. The maximum Gasteiger partial charge on any atom is 0.320 e. The first-order chi connectivity index (χ1) is 7.04. The Morgan fingerprint density at radius 3 is 2.93 bits per heavy atom. The molecule has 1 atom stereocenters. The fourth-order valence-electron chi connectivity index (χ4n) is 1.10. The van der Waals surface area contributed by atoms with Crippen molar-refractivity contribution in [2.75, 3.05) is 7.11 Å². The molecule has 0 fully saturated rings. The number of methoxy groups -OCH3 is 1. The number of nitrogens with zero attached hydrogens (tertiary/aromatic N) is 1. The first kappa shape index (κ1) is 11.7. The monoisotopic (exact) mass is 230 g/mol. The average Bonchev–Trinajstić information content (AvgIpc) is 2.20. The maximum atomic E-state index is 10.6. The molecule has 0 saturated carbocycles. The van der Waals surface area contributed by atoms with Gasteiger partial charge in [-0.3, -0.25) is 4.79 Å². The Kier molecular flexibility index (Phi) is 3.88. The minimum absolute atomic E-state index is 0.155. The smallest absolute Gasteiger partial charge is 0.320 e. The summed E-state index contributed by atoms with van der Waals surface area (Å²) in [5.41, 5.74) is 6.02. The summed E-state index contributed by atoms with van der Waals surface area (Å²) in [6, 6.07) is 2.24. The molecule has 0 aliphatic rings. The highest BCUT2D eigenvalue weighted by Gasteiger charge is 2.15. The topological polar surface area (TPSA) is 85.4 Å². The van der Waals surface area contributed by atoms with Crippen LogP contribution < -0.4 is 10.5 Å². The van der Waals surface area contributed by atoms with Gasteiger partial charge in [0.25, 0.3) is 0 Å². The van der Waals surface area contributed by atoms with Gasteiger partial charge in [-0.2, -0.15) is 0 Å². The number of pyridine rings is 1. The lowest BCUT2D eigenvalue weighted by Gasteiger charge is -2.09. The normalized spacial score (nSPS) is 12.2. The summed E-state index contributed by atoms with van der Waals surface area (Å²) >= 11 is 5.66. The van der Waals surface area contributed by atoms with Crippen molar-refractivity contribution in [1.82, 2.24) is 4.98 Å². The van der Waals surface area contributed by atoms with E-state index in [0.717, 1.165) is 0 Å². The zero-order valence-corrected chi connectivity index (χ0v) is 8.86. The molecule has 5 nitrogen and oxygen atoms in total. The summed E-state index contributed by atoms with van der Waals surface area (Å²) in [6.45, 7) is 0. The van der Waals surface area contributed by atoms with Crippen LogP contribution in [0.3, 0.4) is 0 Å². The van der Waals surface area contributed by atoms with Crippen LogP contribution in [0.25, 0.3) is 0 Å². The van der Waals surface area contributed by atoms with Crippen LogP contribution in [-0.2, 0) is 11.2 Å². The fourth-order valence-corrected chi connectivity index (χ4v) is 1.24. The number of aromatic nitrogens is 1. The minimum Gasteiger partial charge on any atom is -0.481 e. The third kappa shape index (κ3) is 3.07. The number of aliphatic carboxylic acids is 1. The molecule has 1 rings (SSSR count). The van der Waals surface area contributed by atoms with Gasteiger partial charge in [-0.15, -0.1) is 0 Å². The van der Waals surface area contributed by atoms with Crippen molar-refractivity contribution in [3.05, 3.63) is 22.8 Å². The van der Waals surface area contributed by atoms with Crippen LogP contribution in [0.2, 0.25) is 5.15 Å². The van der Waals surface area contributed by atoms with E-state index in [2.05, 4.69) is 4.98 Å². The first-order valence-electron chi connectivity index (χ1n) is 4.22. The lowest BCUT2D eigenvalue weighted by atomic mass is 10.1. The number of nitrogens with two attached hydrogens (primary N) is 1. The molecule has 3 N–H and O–H groups in total. The van der Waals surface area contributed by atoms with Crippen molar-refractivity contribution in [3.63, 3.8) is 0 Å². The summed E-state index contributed by atoms with van der Waals surface area (Å²) in [5, 5.41) is 8.94. The Labute approximate surface area is 91.8 Å². The highest BCUT2D eigenvalue weighted by atomic mass is 35.5. The SMILES string of the molecule is COc1nc(Cl)ccc1CC(N)C(=O)O. The number of hydrogen-bond donors (Lipinski definition) is 2. The van der Waals surface area contributed by atoms with Crippen LogP contribution in [0, 0.1) is 0 Å². The van der Waals surface area contributed by atoms with Crippen LogP contribution in [0.1, 0.15) is 5.56 Å². The molecule has 0 saturated heterocycles. The summed E-state index contributed by atoms with van der Waals surface area (Å²) in [6.07, 6.45) is 0.155. The number of hydrogen-bond acceptors (Lipinski definition) is 4. The Hall–Kier alpha value is -1.33. The number of carboxylic acids is 1. The summed E-state index contributed by atoms with van der Waals surface area (Å²) in [4.78, 5) is 14.5. The molecule has 0 bridgehead atoms. The Morgan fingerprint density at radius 2 is 2.40 bits per heavy atom. The molecule has 0 amide bonds. The van der Waals surface area contributed by atoms with Gasteiger partial charge in [0.1, 0.15) is 11.2 Å². The van der Waals surface area contributed by atoms with Gasteiger partial charge in [0.05, 0.1) is 7.11 Å². The van der Waals surface area contributed by atoms with Crippen LogP contribution in [0.15, 0.2) is 12.1 Å². The number of halogens is 1. The Balaban J connectivity index is 2.89. The number of carbonyl (C=O) groups is 1. The van der Waals surface area contributed by atoms with Gasteiger partial charge >= 0.3 is 5.97 Å². The molecule has 0 aliphatic carbocycles. The number of ether oxygens (including phenoxy) is 1. The van der Waals surface area contributed by atoms with Gasteiger partial charge in [0.2, 0.25) is 5.88 Å². The highest BCUT2D eigenvalue weighted by Crippen LogP contribution is 2.19. The van der Waals surface area contributed by atoms with E-state index in [-0.39, 0.29) is 6.42 Å². The second-order valence-corrected chi connectivity index (χ2v) is 3.34. The molecule has 0 spiro atoms. The van der Waals surface area contributed by atoms with Crippen molar-refractivity contribution in [2.45, 2.75) is 12.5 Å². The van der Waals surface area contributed by atoms with Gasteiger partial charge in [-0.25, -0.2) is 4.98 Å². The lowest BCUT2D eigenvalue weighted by molar-refractivity contribution is -0.138. The Bertz CT molecular complexity index is 370. The van der Waals surface area contributed by atoms with E-state index in [4.69, 9.17) is 27.2 Å². The summed E-state index contributed by atoms with van der Waals surface area (Å²) in [7, 11) is 1.44. The van der Waals surface area contributed by atoms with Crippen LogP contribution in [0.4, 0.5) is 0 Å². The predicted molar refractivity (Wildman–Crippen MR) is 55.1 cm³/mol. The summed E-state index contributed by atoms with van der Waals surface area (Å²) in [5.74, 6) is -0.758. The van der Waals surface area contributed by atoms with Crippen LogP contribution >= 0.6 is 11.6 Å². The van der Waals surface area contributed by atoms with Crippen molar-refractivity contribution >= 4 is 17.6 Å². The zero-order valence-electron chi connectivity index (χ0n) is 8.11. The quantitative estimate of drug-likeness (QED) is 0.744.